The lowest BCUT2D eigenvalue weighted by Gasteiger charge is -2.30. The summed E-state index contributed by atoms with van der Waals surface area (Å²) in [5, 5.41) is 2.51. The second-order valence-electron chi connectivity index (χ2n) is 7.80. The number of esters is 1. The smallest absolute Gasteiger partial charge is 0.338 e. The summed E-state index contributed by atoms with van der Waals surface area (Å²) < 4.78 is 34.0. The summed E-state index contributed by atoms with van der Waals surface area (Å²) in [5.74, 6) is -1.51. The first-order chi connectivity index (χ1) is 15.2. The molecule has 0 unspecified atom stereocenters. The molecule has 1 aromatic heterocycles. The number of ether oxygens (including phenoxy) is 1. The number of sulfonamides is 1. The van der Waals surface area contributed by atoms with E-state index >= 15 is 0 Å². The molecular formula is C22H27N3O6S. The topological polar surface area (TPSA) is 115 Å². The standard InChI is InChI=1S/C22H27N3O6S/c1-24-13-12-16(14-21(24)27)22(28)31-15-20(26)23-18-10-6-7-11-19(18)32(29,30)25(2)17-8-4-3-5-9-17/h6-7,10-14,17H,3-5,8-9,15H2,1-2H3,(H,23,26). The Balaban J connectivity index is 1.68. The molecule has 1 aromatic carbocycles. The van der Waals surface area contributed by atoms with Crippen molar-refractivity contribution in [1.82, 2.24) is 8.87 Å². The molecule has 1 N–H and O–H groups in total. The summed E-state index contributed by atoms with van der Waals surface area (Å²) in [5.41, 5.74) is -0.243. The van der Waals surface area contributed by atoms with Gasteiger partial charge < -0.3 is 14.6 Å². The maximum Gasteiger partial charge on any atom is 0.338 e. The van der Waals surface area contributed by atoms with Gasteiger partial charge in [0.2, 0.25) is 10.0 Å². The highest BCUT2D eigenvalue weighted by Crippen LogP contribution is 2.29. The lowest BCUT2D eigenvalue weighted by molar-refractivity contribution is -0.119. The molecule has 9 nitrogen and oxygen atoms in total. The molecule has 1 amide bonds. The van der Waals surface area contributed by atoms with Gasteiger partial charge in [-0.2, -0.15) is 4.31 Å². The Bertz CT molecular complexity index is 1150. The van der Waals surface area contributed by atoms with E-state index in [9.17, 15) is 22.8 Å². The third-order valence-electron chi connectivity index (χ3n) is 5.58. The third kappa shape index (κ3) is 5.43. The van der Waals surface area contributed by atoms with Crippen LogP contribution in [-0.4, -0.2) is 48.9 Å². The number of benzene rings is 1. The number of aromatic nitrogens is 1. The van der Waals surface area contributed by atoms with Gasteiger partial charge in [0, 0.05) is 32.4 Å². The second-order valence-corrected chi connectivity index (χ2v) is 9.76. The maximum atomic E-state index is 13.2. The quantitative estimate of drug-likeness (QED) is 0.632. The Labute approximate surface area is 187 Å². The SMILES string of the molecule is CN(C1CCCCC1)S(=O)(=O)c1ccccc1NC(=O)COC(=O)c1ccn(C)c(=O)c1. The van der Waals surface area contributed by atoms with Gasteiger partial charge >= 0.3 is 5.97 Å². The highest BCUT2D eigenvalue weighted by atomic mass is 32.2. The molecule has 0 saturated heterocycles. The summed E-state index contributed by atoms with van der Waals surface area (Å²) in [6.45, 7) is -0.624. The molecule has 10 heteroatoms. The molecule has 3 rings (SSSR count). The average molecular weight is 462 g/mol. The Morgan fingerprint density at radius 2 is 1.84 bits per heavy atom. The molecule has 0 bridgehead atoms. The van der Waals surface area contributed by atoms with Crippen LogP contribution in [0.1, 0.15) is 42.5 Å². The molecular weight excluding hydrogens is 434 g/mol. The molecule has 2 aromatic rings. The van der Waals surface area contributed by atoms with E-state index in [1.807, 2.05) is 0 Å². The zero-order valence-corrected chi connectivity index (χ0v) is 18.9. The molecule has 32 heavy (non-hydrogen) atoms. The molecule has 1 saturated carbocycles. The molecule has 1 aliphatic carbocycles. The van der Waals surface area contributed by atoms with Gasteiger partial charge in [-0.1, -0.05) is 31.4 Å². The van der Waals surface area contributed by atoms with Gasteiger partial charge in [0.05, 0.1) is 11.3 Å². The minimum absolute atomic E-state index is 0.0145. The predicted molar refractivity (Wildman–Crippen MR) is 119 cm³/mol. The zero-order chi connectivity index (χ0) is 23.3. The van der Waals surface area contributed by atoms with Crippen LogP contribution in [0.15, 0.2) is 52.3 Å². The van der Waals surface area contributed by atoms with Crippen LogP contribution in [0.5, 0.6) is 0 Å². The monoisotopic (exact) mass is 461 g/mol. The van der Waals surface area contributed by atoms with E-state index in [0.717, 1.165) is 38.2 Å². The van der Waals surface area contributed by atoms with Gasteiger partial charge in [-0.3, -0.25) is 9.59 Å². The first-order valence-electron chi connectivity index (χ1n) is 10.4. The van der Waals surface area contributed by atoms with Crippen molar-refractivity contribution < 1.29 is 22.7 Å². The van der Waals surface area contributed by atoms with Gasteiger partial charge in [-0.25, -0.2) is 13.2 Å². The second kappa shape index (κ2) is 10.1. The van der Waals surface area contributed by atoms with Crippen LogP contribution in [0, 0.1) is 0 Å². The largest absolute Gasteiger partial charge is 0.452 e. The Morgan fingerprint density at radius 3 is 2.53 bits per heavy atom. The summed E-state index contributed by atoms with van der Waals surface area (Å²) in [6, 6.07) is 8.58. The predicted octanol–water partition coefficient (Wildman–Crippen LogP) is 2.13. The number of anilines is 1. The average Bonchev–Trinajstić information content (AvgIpc) is 2.79. The summed E-state index contributed by atoms with van der Waals surface area (Å²) >= 11 is 0. The van der Waals surface area contributed by atoms with Crippen molar-refractivity contribution in [3.8, 4) is 0 Å². The number of nitrogens with one attached hydrogen (secondary N) is 1. The number of rotatable bonds is 7. The van der Waals surface area contributed by atoms with Crippen LogP contribution in [-0.2, 0) is 26.6 Å². The number of nitrogens with zero attached hydrogens (tertiary/aromatic N) is 2. The molecule has 172 valence electrons. The Hall–Kier alpha value is -2.98. The van der Waals surface area contributed by atoms with Crippen molar-refractivity contribution in [1.29, 1.82) is 0 Å². The van der Waals surface area contributed by atoms with E-state index in [4.69, 9.17) is 4.74 Å². The first-order valence-corrected chi connectivity index (χ1v) is 11.8. The zero-order valence-electron chi connectivity index (χ0n) is 18.1. The first kappa shape index (κ1) is 23.7. The Kier molecular flexibility index (Phi) is 7.47. The van der Waals surface area contributed by atoms with Crippen molar-refractivity contribution in [2.45, 2.75) is 43.0 Å². The van der Waals surface area contributed by atoms with Crippen LogP contribution in [0.4, 0.5) is 5.69 Å². The number of carbonyl (C=O) groups is 2. The van der Waals surface area contributed by atoms with Crippen LogP contribution in [0.3, 0.4) is 0 Å². The van der Waals surface area contributed by atoms with E-state index in [0.29, 0.717) is 0 Å². The number of carbonyl (C=O) groups excluding carboxylic acids is 2. The number of para-hydroxylation sites is 1. The minimum atomic E-state index is -3.82. The fraction of sp³-hybridized carbons (Fsp3) is 0.409. The van der Waals surface area contributed by atoms with Crippen LogP contribution in [0.2, 0.25) is 0 Å². The van der Waals surface area contributed by atoms with Crippen molar-refractivity contribution >= 4 is 27.6 Å². The van der Waals surface area contributed by atoms with Crippen LogP contribution in [0.25, 0.3) is 0 Å². The van der Waals surface area contributed by atoms with E-state index in [2.05, 4.69) is 5.32 Å². The van der Waals surface area contributed by atoms with E-state index in [1.165, 1.54) is 33.3 Å². The third-order valence-corrected chi connectivity index (χ3v) is 7.55. The molecule has 0 atom stereocenters. The summed E-state index contributed by atoms with van der Waals surface area (Å²) in [7, 11) is -0.715. The summed E-state index contributed by atoms with van der Waals surface area (Å²) in [6.07, 6.45) is 6.12. The van der Waals surface area contributed by atoms with Crippen LogP contribution >= 0.6 is 0 Å². The molecule has 0 aliphatic heterocycles. The minimum Gasteiger partial charge on any atom is -0.452 e. The normalized spacial score (nSPS) is 14.8. The molecule has 1 heterocycles. The number of amides is 1. The number of aryl methyl sites for hydroxylation is 1. The fourth-order valence-corrected chi connectivity index (χ4v) is 5.23. The van der Waals surface area contributed by atoms with E-state index in [-0.39, 0.29) is 27.7 Å². The van der Waals surface area contributed by atoms with Gasteiger partial charge in [0.25, 0.3) is 11.5 Å². The van der Waals surface area contributed by atoms with Gasteiger partial charge in [0.1, 0.15) is 4.90 Å². The van der Waals surface area contributed by atoms with Gasteiger partial charge in [0.15, 0.2) is 6.61 Å². The van der Waals surface area contributed by atoms with Crippen molar-refractivity contribution in [2.24, 2.45) is 7.05 Å². The lowest BCUT2D eigenvalue weighted by atomic mass is 9.96. The van der Waals surface area contributed by atoms with Gasteiger partial charge in [-0.15, -0.1) is 0 Å². The van der Waals surface area contributed by atoms with Crippen molar-refractivity contribution in [2.75, 3.05) is 19.0 Å². The van der Waals surface area contributed by atoms with Crippen molar-refractivity contribution in [3.63, 3.8) is 0 Å². The van der Waals surface area contributed by atoms with E-state index < -0.39 is 28.5 Å². The molecule has 1 fully saturated rings. The molecule has 0 radical (unpaired) electrons. The highest BCUT2D eigenvalue weighted by Gasteiger charge is 2.31. The maximum absolute atomic E-state index is 13.2. The van der Waals surface area contributed by atoms with E-state index in [1.54, 1.807) is 26.2 Å². The number of hydrogen-bond donors (Lipinski definition) is 1. The van der Waals surface area contributed by atoms with Crippen molar-refractivity contribution in [3.05, 3.63) is 58.5 Å². The fourth-order valence-electron chi connectivity index (χ4n) is 3.67. The molecule has 1 aliphatic rings. The lowest BCUT2D eigenvalue weighted by Crippen LogP contribution is -2.38. The summed E-state index contributed by atoms with van der Waals surface area (Å²) in [4.78, 5) is 36.1. The number of pyridine rings is 1. The van der Waals surface area contributed by atoms with Crippen LogP contribution < -0.4 is 10.9 Å². The number of hydrogen-bond acceptors (Lipinski definition) is 6. The van der Waals surface area contributed by atoms with Gasteiger partial charge in [-0.05, 0) is 31.0 Å². The Morgan fingerprint density at radius 1 is 1.16 bits per heavy atom. The highest BCUT2D eigenvalue weighted by molar-refractivity contribution is 7.89. The molecule has 0 spiro atoms.